The fourth-order valence-electron chi connectivity index (χ4n) is 6.34. The molecule has 13 heteroatoms. The number of aromatic nitrogens is 2. The lowest BCUT2D eigenvalue weighted by Crippen LogP contribution is -2.64. The third-order valence-electron chi connectivity index (χ3n) is 8.34. The number of hydrogen-bond donors (Lipinski definition) is 0. The van der Waals surface area contributed by atoms with Gasteiger partial charge in [0, 0.05) is 43.9 Å². The maximum Gasteiger partial charge on any atom is 0.417 e. The normalized spacial score (nSPS) is 20.7. The monoisotopic (exact) mass is 621 g/mol. The molecule has 3 aromatic rings. The summed E-state index contributed by atoms with van der Waals surface area (Å²) < 4.78 is 39.6. The third-order valence-corrected chi connectivity index (χ3v) is 8.34. The molecular weight excluding hydrogens is 588 g/mol. The van der Waals surface area contributed by atoms with Crippen molar-refractivity contribution in [2.75, 3.05) is 32.8 Å². The lowest BCUT2D eigenvalue weighted by atomic mass is 9.71. The van der Waals surface area contributed by atoms with E-state index < -0.39 is 58.6 Å². The molecule has 0 aliphatic carbocycles. The van der Waals surface area contributed by atoms with Crippen molar-refractivity contribution in [2.45, 2.75) is 39.0 Å². The van der Waals surface area contributed by atoms with Crippen LogP contribution in [-0.2, 0) is 20.8 Å². The van der Waals surface area contributed by atoms with Gasteiger partial charge in [0.25, 0.3) is 5.91 Å². The maximum atomic E-state index is 14.2. The molecule has 3 aliphatic heterocycles. The molecule has 0 saturated carbocycles. The first-order valence-corrected chi connectivity index (χ1v) is 14.6. The summed E-state index contributed by atoms with van der Waals surface area (Å²) in [6, 6.07) is 11.6. The van der Waals surface area contributed by atoms with Crippen molar-refractivity contribution < 1.29 is 37.4 Å². The van der Waals surface area contributed by atoms with E-state index in [1.807, 2.05) is 30.3 Å². The third kappa shape index (κ3) is 5.98. The minimum Gasteiger partial charge on any atom is -0.446 e. The number of ether oxygens (including phenoxy) is 2. The Morgan fingerprint density at radius 1 is 1.02 bits per heavy atom. The van der Waals surface area contributed by atoms with Crippen molar-refractivity contribution in [2.24, 2.45) is 11.3 Å². The minimum atomic E-state index is -0.817. The summed E-state index contributed by atoms with van der Waals surface area (Å²) in [4.78, 5) is 57.8. The molecule has 0 N–H and O–H groups in total. The van der Waals surface area contributed by atoms with Crippen LogP contribution >= 0.6 is 0 Å². The van der Waals surface area contributed by atoms with Gasteiger partial charge in [0.05, 0.1) is 24.2 Å². The van der Waals surface area contributed by atoms with Crippen LogP contribution in [-0.4, -0.2) is 86.9 Å². The standard InChI is InChI=1S/C32H33F2N5O6/c1-31(2,3)45-29(42)37-18-32(19-37)17-36(27(40)22-12-35-38(14-22)13-20-9-23(33)11-24(34)10-20)15-25(32)28(41)39-26(16-44-30(39)43)21-7-5-4-6-8-21/h4-12,14,25-26H,13,15-19H2,1-3H3/t25-,26-/m0/s1. The highest BCUT2D eigenvalue weighted by Gasteiger charge is 2.61. The van der Waals surface area contributed by atoms with E-state index in [-0.39, 0.29) is 44.9 Å². The molecule has 1 spiro atoms. The van der Waals surface area contributed by atoms with E-state index in [1.165, 1.54) is 39.0 Å². The van der Waals surface area contributed by atoms with Crippen molar-refractivity contribution in [3.05, 3.63) is 89.2 Å². The number of carbonyl (C=O) groups is 4. The Kier molecular flexibility index (Phi) is 7.58. The molecule has 45 heavy (non-hydrogen) atoms. The fraction of sp³-hybridized carbons (Fsp3) is 0.406. The molecule has 1 aromatic heterocycles. The highest BCUT2D eigenvalue weighted by molar-refractivity contribution is 5.98. The van der Waals surface area contributed by atoms with Crippen molar-refractivity contribution in [1.29, 1.82) is 0 Å². The van der Waals surface area contributed by atoms with E-state index in [2.05, 4.69) is 5.10 Å². The number of carbonyl (C=O) groups excluding carboxylic acids is 4. The van der Waals surface area contributed by atoms with Gasteiger partial charge in [0.2, 0.25) is 5.91 Å². The van der Waals surface area contributed by atoms with E-state index in [0.29, 0.717) is 5.56 Å². The fourth-order valence-corrected chi connectivity index (χ4v) is 6.34. The van der Waals surface area contributed by atoms with Gasteiger partial charge in [-0.1, -0.05) is 30.3 Å². The van der Waals surface area contributed by atoms with Gasteiger partial charge in [-0.05, 0) is 44.0 Å². The molecule has 3 aliphatic rings. The van der Waals surface area contributed by atoms with Crippen molar-refractivity contribution in [3.63, 3.8) is 0 Å². The number of likely N-dealkylation sites (tertiary alicyclic amines) is 2. The highest BCUT2D eigenvalue weighted by Crippen LogP contribution is 2.47. The molecule has 2 atom stereocenters. The van der Waals surface area contributed by atoms with Gasteiger partial charge < -0.3 is 19.3 Å². The van der Waals surface area contributed by atoms with Crippen LogP contribution in [0.2, 0.25) is 0 Å². The van der Waals surface area contributed by atoms with Crippen molar-refractivity contribution in [1.82, 2.24) is 24.5 Å². The van der Waals surface area contributed by atoms with Gasteiger partial charge in [0.15, 0.2) is 0 Å². The number of imide groups is 1. The molecule has 3 saturated heterocycles. The summed E-state index contributed by atoms with van der Waals surface area (Å²) in [5.41, 5.74) is -0.232. The Hall–Kier alpha value is -4.81. The molecule has 236 valence electrons. The SMILES string of the molecule is CC(C)(C)OC(=O)N1CC2(C1)CN(C(=O)c1cnn(Cc3cc(F)cc(F)c3)c1)C[C@H]2C(=O)N1C(=O)OC[C@H]1c1ccccc1. The number of cyclic esters (lactones) is 1. The van der Waals surface area contributed by atoms with Crippen molar-refractivity contribution >= 4 is 24.0 Å². The zero-order chi connectivity index (χ0) is 32.1. The summed E-state index contributed by atoms with van der Waals surface area (Å²) in [6.45, 7) is 5.80. The molecule has 6 rings (SSSR count). The first-order valence-electron chi connectivity index (χ1n) is 14.6. The number of benzene rings is 2. The zero-order valence-electron chi connectivity index (χ0n) is 25.1. The first kappa shape index (κ1) is 30.2. The molecule has 2 aromatic carbocycles. The highest BCUT2D eigenvalue weighted by atomic mass is 19.1. The van der Waals surface area contributed by atoms with Crippen LogP contribution in [0.3, 0.4) is 0 Å². The summed E-state index contributed by atoms with van der Waals surface area (Å²) in [5.74, 6) is -3.12. The van der Waals surface area contributed by atoms with Crippen LogP contribution < -0.4 is 0 Å². The van der Waals surface area contributed by atoms with Gasteiger partial charge in [-0.25, -0.2) is 23.3 Å². The second kappa shape index (κ2) is 11.3. The Morgan fingerprint density at radius 3 is 2.36 bits per heavy atom. The van der Waals surface area contributed by atoms with Gasteiger partial charge >= 0.3 is 12.2 Å². The topological polar surface area (TPSA) is 114 Å². The van der Waals surface area contributed by atoms with Crippen LogP contribution in [0.5, 0.6) is 0 Å². The summed E-state index contributed by atoms with van der Waals surface area (Å²) in [6.07, 6.45) is 1.55. The molecule has 4 amide bonds. The van der Waals surface area contributed by atoms with Crippen LogP contribution in [0, 0.1) is 23.0 Å². The van der Waals surface area contributed by atoms with Crippen LogP contribution in [0.1, 0.15) is 48.3 Å². The number of rotatable bonds is 5. The average molecular weight is 622 g/mol. The summed E-state index contributed by atoms with van der Waals surface area (Å²) in [5, 5.41) is 4.19. The second-order valence-corrected chi connectivity index (χ2v) is 12.9. The predicted octanol–water partition coefficient (Wildman–Crippen LogP) is 4.24. The first-order chi connectivity index (χ1) is 21.3. The van der Waals surface area contributed by atoms with E-state index in [4.69, 9.17) is 9.47 Å². The lowest BCUT2D eigenvalue weighted by Gasteiger charge is -2.50. The van der Waals surface area contributed by atoms with Crippen LogP contribution in [0.4, 0.5) is 18.4 Å². The Morgan fingerprint density at radius 2 is 1.69 bits per heavy atom. The second-order valence-electron chi connectivity index (χ2n) is 12.9. The molecule has 4 heterocycles. The van der Waals surface area contributed by atoms with E-state index in [0.717, 1.165) is 16.5 Å². The summed E-state index contributed by atoms with van der Waals surface area (Å²) in [7, 11) is 0. The van der Waals surface area contributed by atoms with Crippen LogP contribution in [0.15, 0.2) is 60.9 Å². The largest absolute Gasteiger partial charge is 0.446 e. The number of amides is 4. The van der Waals surface area contributed by atoms with Gasteiger partial charge in [-0.15, -0.1) is 0 Å². The van der Waals surface area contributed by atoms with Crippen LogP contribution in [0.25, 0.3) is 0 Å². The molecular formula is C32H33F2N5O6. The maximum absolute atomic E-state index is 14.2. The van der Waals surface area contributed by atoms with E-state index in [1.54, 1.807) is 20.8 Å². The Labute approximate surface area is 258 Å². The Balaban J connectivity index is 1.24. The summed E-state index contributed by atoms with van der Waals surface area (Å²) >= 11 is 0. The van der Waals surface area contributed by atoms with Gasteiger partial charge in [-0.3, -0.25) is 14.3 Å². The predicted molar refractivity (Wildman–Crippen MR) is 155 cm³/mol. The Bertz CT molecular complexity index is 1630. The van der Waals surface area contributed by atoms with Crippen molar-refractivity contribution in [3.8, 4) is 0 Å². The minimum absolute atomic E-state index is 0.00536. The van der Waals surface area contributed by atoms with Gasteiger partial charge in [-0.2, -0.15) is 5.10 Å². The smallest absolute Gasteiger partial charge is 0.417 e. The average Bonchev–Trinajstić information content (AvgIpc) is 3.67. The lowest BCUT2D eigenvalue weighted by molar-refractivity contribution is -0.141. The molecule has 0 bridgehead atoms. The van der Waals surface area contributed by atoms with E-state index in [9.17, 15) is 28.0 Å². The quantitative estimate of drug-likeness (QED) is 0.419. The van der Waals surface area contributed by atoms with Gasteiger partial charge in [0.1, 0.15) is 29.9 Å². The number of halogens is 2. The zero-order valence-corrected chi connectivity index (χ0v) is 25.1. The number of nitrogens with zero attached hydrogens (tertiary/aromatic N) is 5. The van der Waals surface area contributed by atoms with E-state index >= 15 is 0 Å². The molecule has 11 nitrogen and oxygen atoms in total. The molecule has 0 unspecified atom stereocenters. The molecule has 0 radical (unpaired) electrons. The molecule has 3 fully saturated rings. The number of hydrogen-bond acceptors (Lipinski definition) is 7.